The number of thiophene rings is 1. The minimum Gasteiger partial charge on any atom is -0.388 e. The van der Waals surface area contributed by atoms with Gasteiger partial charge in [0.15, 0.2) is 0 Å². The highest BCUT2D eigenvalue weighted by Crippen LogP contribution is 2.30. The van der Waals surface area contributed by atoms with Crippen molar-refractivity contribution in [2.24, 2.45) is 0 Å². The molecule has 104 valence electrons. The van der Waals surface area contributed by atoms with Gasteiger partial charge in [-0.15, -0.1) is 11.3 Å². The van der Waals surface area contributed by atoms with Crippen molar-refractivity contribution in [1.29, 1.82) is 0 Å². The average molecular weight is 300 g/mol. The van der Waals surface area contributed by atoms with Crippen LogP contribution < -0.4 is 0 Å². The number of carbonyl (C=O) groups is 1. The predicted octanol–water partition coefficient (Wildman–Crippen LogP) is 3.18. The zero-order valence-electron chi connectivity index (χ0n) is 10.9. The number of rotatable bonds is 4. The van der Waals surface area contributed by atoms with E-state index < -0.39 is 5.60 Å². The molecule has 1 aromatic heterocycles. The van der Waals surface area contributed by atoms with Crippen LogP contribution in [0.15, 0.2) is 18.2 Å². The lowest BCUT2D eigenvalue weighted by Gasteiger charge is -2.27. The van der Waals surface area contributed by atoms with E-state index in [0.29, 0.717) is 10.9 Å². The van der Waals surface area contributed by atoms with E-state index >= 15 is 0 Å². The van der Waals surface area contributed by atoms with Crippen LogP contribution >= 0.6 is 22.9 Å². The number of nitrogens with zero attached hydrogens (tertiary/aromatic N) is 1. The minimum absolute atomic E-state index is 0.0927. The maximum absolute atomic E-state index is 12.0. The Morgan fingerprint density at radius 3 is 2.79 bits per heavy atom. The topological polar surface area (TPSA) is 40.5 Å². The van der Waals surface area contributed by atoms with Gasteiger partial charge in [0.05, 0.1) is 9.94 Å². The molecule has 0 unspecified atom stereocenters. The average Bonchev–Trinajstić information content (AvgIpc) is 2.95. The van der Waals surface area contributed by atoms with Crippen molar-refractivity contribution in [2.75, 3.05) is 13.6 Å². The van der Waals surface area contributed by atoms with E-state index in [2.05, 4.69) is 0 Å². The Kier molecular flexibility index (Phi) is 4.66. The summed E-state index contributed by atoms with van der Waals surface area (Å²) in [5.41, 5.74) is -0.690. The van der Waals surface area contributed by atoms with E-state index in [-0.39, 0.29) is 5.91 Å². The molecule has 0 radical (unpaired) electrons. The SMILES string of the molecule is CN(CC1(O)CCCC1)C(=O)/C=C/c1ccc(Cl)s1. The maximum atomic E-state index is 12.0. The Morgan fingerprint density at radius 1 is 1.53 bits per heavy atom. The van der Waals surface area contributed by atoms with Gasteiger partial charge in [-0.3, -0.25) is 4.79 Å². The molecule has 19 heavy (non-hydrogen) atoms. The van der Waals surface area contributed by atoms with Gasteiger partial charge in [-0.2, -0.15) is 0 Å². The summed E-state index contributed by atoms with van der Waals surface area (Å²) in [4.78, 5) is 14.5. The summed E-state index contributed by atoms with van der Waals surface area (Å²) in [6.45, 7) is 0.404. The number of likely N-dealkylation sites (N-methyl/N-ethyl adjacent to an activating group) is 1. The zero-order valence-corrected chi connectivity index (χ0v) is 12.5. The molecular weight excluding hydrogens is 282 g/mol. The van der Waals surface area contributed by atoms with E-state index in [1.807, 2.05) is 6.07 Å². The zero-order chi connectivity index (χ0) is 13.9. The van der Waals surface area contributed by atoms with Gasteiger partial charge in [-0.05, 0) is 31.1 Å². The molecule has 1 amide bonds. The molecule has 1 saturated carbocycles. The van der Waals surface area contributed by atoms with Crippen LogP contribution in [0, 0.1) is 0 Å². The lowest BCUT2D eigenvalue weighted by Crippen LogP contribution is -2.41. The number of aliphatic hydroxyl groups is 1. The van der Waals surface area contributed by atoms with Crippen LogP contribution in [0.1, 0.15) is 30.6 Å². The van der Waals surface area contributed by atoms with Crippen LogP contribution in [-0.4, -0.2) is 35.1 Å². The molecule has 1 heterocycles. The number of hydrogen-bond donors (Lipinski definition) is 1. The Bertz CT molecular complexity index is 478. The number of halogens is 1. The molecule has 2 rings (SSSR count). The summed E-state index contributed by atoms with van der Waals surface area (Å²) in [5, 5.41) is 10.3. The third kappa shape index (κ3) is 4.06. The highest BCUT2D eigenvalue weighted by Gasteiger charge is 2.32. The van der Waals surface area contributed by atoms with E-state index in [0.717, 1.165) is 30.6 Å². The largest absolute Gasteiger partial charge is 0.388 e. The highest BCUT2D eigenvalue weighted by atomic mass is 35.5. The van der Waals surface area contributed by atoms with Gasteiger partial charge < -0.3 is 10.0 Å². The second-order valence-electron chi connectivity index (χ2n) is 5.10. The van der Waals surface area contributed by atoms with Crippen molar-refractivity contribution in [3.8, 4) is 0 Å². The van der Waals surface area contributed by atoms with Gasteiger partial charge >= 0.3 is 0 Å². The highest BCUT2D eigenvalue weighted by molar-refractivity contribution is 7.17. The second-order valence-corrected chi connectivity index (χ2v) is 6.85. The van der Waals surface area contributed by atoms with Gasteiger partial charge in [-0.1, -0.05) is 24.4 Å². The summed E-state index contributed by atoms with van der Waals surface area (Å²) in [5.74, 6) is -0.0927. The first kappa shape index (κ1) is 14.6. The van der Waals surface area contributed by atoms with Crippen LogP contribution in [0.3, 0.4) is 0 Å². The van der Waals surface area contributed by atoms with Crippen molar-refractivity contribution >= 4 is 34.9 Å². The van der Waals surface area contributed by atoms with E-state index in [4.69, 9.17) is 11.6 Å². The Labute approximate surface area is 122 Å². The van der Waals surface area contributed by atoms with Crippen LogP contribution in [0.5, 0.6) is 0 Å². The molecule has 0 saturated heterocycles. The van der Waals surface area contributed by atoms with Crippen molar-refractivity contribution < 1.29 is 9.90 Å². The van der Waals surface area contributed by atoms with Gasteiger partial charge in [0.2, 0.25) is 5.91 Å². The molecule has 1 N–H and O–H groups in total. The molecule has 0 atom stereocenters. The molecule has 3 nitrogen and oxygen atoms in total. The third-order valence-corrected chi connectivity index (χ3v) is 4.62. The van der Waals surface area contributed by atoms with Crippen molar-refractivity contribution in [1.82, 2.24) is 4.90 Å². The first-order valence-corrected chi connectivity index (χ1v) is 7.59. The molecule has 1 fully saturated rings. The van der Waals surface area contributed by atoms with Gasteiger partial charge in [0.1, 0.15) is 0 Å². The van der Waals surface area contributed by atoms with Crippen LogP contribution in [0.2, 0.25) is 4.34 Å². The lowest BCUT2D eigenvalue weighted by atomic mass is 10.0. The lowest BCUT2D eigenvalue weighted by molar-refractivity contribution is -0.127. The van der Waals surface area contributed by atoms with Crippen molar-refractivity contribution in [3.63, 3.8) is 0 Å². The number of amides is 1. The fourth-order valence-electron chi connectivity index (χ4n) is 2.41. The fourth-order valence-corrected chi connectivity index (χ4v) is 3.37. The Morgan fingerprint density at radius 2 is 2.21 bits per heavy atom. The Balaban J connectivity index is 1.90. The molecule has 0 aromatic carbocycles. The number of hydrogen-bond acceptors (Lipinski definition) is 3. The van der Waals surface area contributed by atoms with Gasteiger partial charge in [0.25, 0.3) is 0 Å². The van der Waals surface area contributed by atoms with Crippen molar-refractivity contribution in [2.45, 2.75) is 31.3 Å². The summed E-state index contributed by atoms with van der Waals surface area (Å²) in [7, 11) is 1.73. The van der Waals surface area contributed by atoms with Crippen molar-refractivity contribution in [3.05, 3.63) is 27.4 Å². The normalized spacial score (nSPS) is 18.1. The molecule has 0 aliphatic heterocycles. The number of carbonyl (C=O) groups excluding carboxylic acids is 1. The monoisotopic (exact) mass is 299 g/mol. The fraction of sp³-hybridized carbons (Fsp3) is 0.500. The molecule has 1 aliphatic rings. The van der Waals surface area contributed by atoms with Crippen LogP contribution in [0.4, 0.5) is 0 Å². The van der Waals surface area contributed by atoms with Gasteiger partial charge in [-0.25, -0.2) is 0 Å². The quantitative estimate of drug-likeness (QED) is 0.868. The molecular formula is C14H18ClNO2S. The molecule has 0 spiro atoms. The van der Waals surface area contributed by atoms with Gasteiger partial charge in [0, 0.05) is 24.5 Å². The first-order chi connectivity index (χ1) is 8.98. The summed E-state index contributed by atoms with van der Waals surface area (Å²) in [6.07, 6.45) is 6.95. The Hall–Kier alpha value is -0.840. The summed E-state index contributed by atoms with van der Waals surface area (Å²) >= 11 is 7.26. The summed E-state index contributed by atoms with van der Waals surface area (Å²) in [6, 6.07) is 3.68. The smallest absolute Gasteiger partial charge is 0.246 e. The van der Waals surface area contributed by atoms with E-state index in [1.54, 1.807) is 24.1 Å². The van der Waals surface area contributed by atoms with Crippen LogP contribution in [-0.2, 0) is 4.79 Å². The molecule has 1 aromatic rings. The molecule has 0 bridgehead atoms. The minimum atomic E-state index is -0.690. The first-order valence-electron chi connectivity index (χ1n) is 6.39. The summed E-state index contributed by atoms with van der Waals surface area (Å²) < 4.78 is 0.709. The molecule has 1 aliphatic carbocycles. The standard InChI is InChI=1S/C14H18ClNO2S/c1-16(10-14(18)8-2-3-9-14)13(17)7-5-11-4-6-12(15)19-11/h4-7,18H,2-3,8-10H2,1H3/b7-5+. The van der Waals surface area contributed by atoms with E-state index in [9.17, 15) is 9.90 Å². The molecule has 5 heteroatoms. The maximum Gasteiger partial charge on any atom is 0.246 e. The van der Waals surface area contributed by atoms with Crippen LogP contribution in [0.25, 0.3) is 6.08 Å². The third-order valence-electron chi connectivity index (χ3n) is 3.43. The second kappa shape index (κ2) is 6.07. The predicted molar refractivity (Wildman–Crippen MR) is 79.4 cm³/mol. The van der Waals surface area contributed by atoms with E-state index in [1.165, 1.54) is 17.4 Å².